The monoisotopic (exact) mass is 468 g/mol. The van der Waals surface area contributed by atoms with E-state index in [1.807, 2.05) is 12.1 Å². The van der Waals surface area contributed by atoms with Crippen molar-refractivity contribution < 1.29 is 22.7 Å². The molecule has 0 bridgehead atoms. The van der Waals surface area contributed by atoms with E-state index in [4.69, 9.17) is 16.3 Å². The van der Waals surface area contributed by atoms with Gasteiger partial charge in [0.1, 0.15) is 12.4 Å². The lowest BCUT2D eigenvalue weighted by molar-refractivity contribution is -0.137. The fourth-order valence-corrected chi connectivity index (χ4v) is 4.07. The molecule has 3 aromatic rings. The van der Waals surface area contributed by atoms with Crippen LogP contribution in [0.3, 0.4) is 0 Å². The summed E-state index contributed by atoms with van der Waals surface area (Å²) in [5.74, 6) is -0.424. The maximum atomic E-state index is 12.9. The van der Waals surface area contributed by atoms with Crippen LogP contribution in [0.1, 0.15) is 32.1 Å². The van der Waals surface area contributed by atoms with Crippen molar-refractivity contribution in [3.63, 3.8) is 0 Å². The topological polar surface area (TPSA) is 76.1 Å². The number of halogens is 4. The molecule has 0 unspecified atom stereocenters. The summed E-state index contributed by atoms with van der Waals surface area (Å²) in [4.78, 5) is 12.5. The highest BCUT2D eigenvalue weighted by Crippen LogP contribution is 2.39. The van der Waals surface area contributed by atoms with Gasteiger partial charge in [-0.1, -0.05) is 35.1 Å². The molecule has 162 valence electrons. The van der Waals surface area contributed by atoms with Crippen molar-refractivity contribution in [3.05, 3.63) is 68.7 Å². The number of alkyl halides is 3. The number of amides is 1. The molecule has 0 fully saturated rings. The van der Waals surface area contributed by atoms with Gasteiger partial charge in [-0.25, -0.2) is 0 Å². The second-order valence-electron chi connectivity index (χ2n) is 6.77. The van der Waals surface area contributed by atoms with Gasteiger partial charge in [0.15, 0.2) is 5.01 Å². The van der Waals surface area contributed by atoms with Gasteiger partial charge < -0.3 is 10.1 Å². The molecule has 11 heteroatoms. The zero-order valence-corrected chi connectivity index (χ0v) is 17.5. The molecule has 0 saturated carbocycles. The van der Waals surface area contributed by atoms with E-state index in [0.29, 0.717) is 10.6 Å². The van der Waals surface area contributed by atoms with Crippen LogP contribution in [0.4, 0.5) is 18.3 Å². The molecule has 0 saturated heterocycles. The third-order valence-corrected chi connectivity index (χ3v) is 5.86. The summed E-state index contributed by atoms with van der Waals surface area (Å²) in [6.45, 7) is 1.51. The van der Waals surface area contributed by atoms with Crippen molar-refractivity contribution in [2.45, 2.75) is 25.7 Å². The van der Waals surface area contributed by atoms with E-state index in [1.165, 1.54) is 17.7 Å². The van der Waals surface area contributed by atoms with Crippen LogP contribution in [0.2, 0.25) is 5.02 Å². The maximum absolute atomic E-state index is 12.9. The van der Waals surface area contributed by atoms with E-state index < -0.39 is 16.8 Å². The van der Waals surface area contributed by atoms with E-state index in [0.717, 1.165) is 42.5 Å². The van der Waals surface area contributed by atoms with Gasteiger partial charge in [0.05, 0.1) is 10.6 Å². The van der Waals surface area contributed by atoms with Gasteiger partial charge in [0.2, 0.25) is 5.13 Å². The first-order chi connectivity index (χ1) is 14.8. The summed E-state index contributed by atoms with van der Waals surface area (Å²) in [5.41, 5.74) is 1.85. The number of anilines is 1. The number of rotatable bonds is 5. The minimum absolute atomic E-state index is 0.110. The third kappa shape index (κ3) is 4.97. The van der Waals surface area contributed by atoms with Gasteiger partial charge in [0.25, 0.3) is 5.91 Å². The average Bonchev–Trinajstić information content (AvgIpc) is 3.19. The molecule has 2 heterocycles. The van der Waals surface area contributed by atoms with Crippen LogP contribution in [0.15, 0.2) is 36.4 Å². The average molecular weight is 469 g/mol. The van der Waals surface area contributed by atoms with Crippen LogP contribution >= 0.6 is 22.9 Å². The molecule has 0 aliphatic carbocycles. The van der Waals surface area contributed by atoms with E-state index in [-0.39, 0.29) is 23.4 Å². The van der Waals surface area contributed by atoms with Gasteiger partial charge in [-0.2, -0.15) is 13.2 Å². The highest BCUT2D eigenvalue weighted by Gasteiger charge is 2.34. The van der Waals surface area contributed by atoms with Crippen LogP contribution in [-0.4, -0.2) is 22.6 Å². The summed E-state index contributed by atoms with van der Waals surface area (Å²) < 4.78 is 44.2. The first-order valence-corrected chi connectivity index (χ1v) is 10.5. The molecule has 1 amide bonds. The second kappa shape index (κ2) is 8.81. The fraction of sp³-hybridized carbons (Fsp3) is 0.250. The number of benzene rings is 2. The number of aromatic nitrogens is 2. The molecule has 0 radical (unpaired) electrons. The Morgan fingerprint density at radius 3 is 2.87 bits per heavy atom. The minimum Gasteiger partial charge on any atom is -0.485 e. The van der Waals surface area contributed by atoms with E-state index >= 15 is 0 Å². The van der Waals surface area contributed by atoms with Crippen molar-refractivity contribution in [3.8, 4) is 5.75 Å². The summed E-state index contributed by atoms with van der Waals surface area (Å²) >= 11 is 6.88. The molecule has 2 N–H and O–H groups in total. The maximum Gasteiger partial charge on any atom is 0.417 e. The van der Waals surface area contributed by atoms with Gasteiger partial charge >= 0.3 is 6.18 Å². The molecule has 1 aromatic heterocycles. The zero-order valence-electron chi connectivity index (χ0n) is 15.9. The number of hydrogen-bond acceptors (Lipinski definition) is 6. The molecule has 0 spiro atoms. The zero-order chi connectivity index (χ0) is 22.0. The van der Waals surface area contributed by atoms with Gasteiger partial charge in [-0.15, -0.1) is 10.2 Å². The molecule has 2 aromatic carbocycles. The van der Waals surface area contributed by atoms with Crippen LogP contribution in [0.25, 0.3) is 0 Å². The highest BCUT2D eigenvalue weighted by atomic mass is 35.5. The number of carbonyl (C=O) groups is 1. The fourth-order valence-electron chi connectivity index (χ4n) is 3.13. The second-order valence-corrected chi connectivity index (χ2v) is 8.21. The lowest BCUT2D eigenvalue weighted by Crippen LogP contribution is -2.24. The lowest BCUT2D eigenvalue weighted by Gasteiger charge is -2.17. The van der Waals surface area contributed by atoms with Crippen molar-refractivity contribution in [1.82, 2.24) is 15.5 Å². The van der Waals surface area contributed by atoms with Crippen molar-refractivity contribution in [1.29, 1.82) is 0 Å². The van der Waals surface area contributed by atoms with Crippen molar-refractivity contribution in [2.24, 2.45) is 0 Å². The minimum atomic E-state index is -4.58. The largest absolute Gasteiger partial charge is 0.485 e. The Hall–Kier alpha value is -2.69. The number of ether oxygens (including phenoxy) is 1. The van der Waals surface area contributed by atoms with Crippen LogP contribution in [-0.2, 0) is 25.7 Å². The van der Waals surface area contributed by atoms with E-state index in [2.05, 4.69) is 20.8 Å². The first kappa shape index (κ1) is 21.5. The Labute approximate surface area is 184 Å². The van der Waals surface area contributed by atoms with E-state index in [1.54, 1.807) is 6.07 Å². The number of hydrogen-bond donors (Lipinski definition) is 2. The molecule has 4 rings (SSSR count). The smallest absolute Gasteiger partial charge is 0.417 e. The molecular weight excluding hydrogens is 453 g/mol. The lowest BCUT2D eigenvalue weighted by atomic mass is 9.98. The first-order valence-electron chi connectivity index (χ1n) is 9.26. The van der Waals surface area contributed by atoms with Crippen LogP contribution in [0.5, 0.6) is 5.75 Å². The molecule has 1 aliphatic heterocycles. The number of carbonyl (C=O) groups excluding carboxylic acids is 1. The molecule has 6 nitrogen and oxygen atoms in total. The summed E-state index contributed by atoms with van der Waals surface area (Å²) in [6.07, 6.45) is -3.72. The SMILES string of the molecule is O=C(Nc1nnc(COc2cccc(C(F)(F)F)c2Cl)s1)c1ccc2c(c1)CCNC2. The van der Waals surface area contributed by atoms with Crippen molar-refractivity contribution >= 4 is 34.0 Å². The Balaban J connectivity index is 1.40. The number of nitrogens with one attached hydrogen (secondary N) is 2. The van der Waals surface area contributed by atoms with Crippen molar-refractivity contribution in [2.75, 3.05) is 11.9 Å². The Kier molecular flexibility index (Phi) is 6.12. The number of fused-ring (bicyclic) bond motifs is 1. The Morgan fingerprint density at radius 2 is 2.06 bits per heavy atom. The predicted molar refractivity (Wildman–Crippen MR) is 111 cm³/mol. The highest BCUT2D eigenvalue weighted by molar-refractivity contribution is 7.15. The van der Waals surface area contributed by atoms with Crippen LogP contribution in [0, 0.1) is 0 Å². The molecule has 1 aliphatic rings. The van der Waals surface area contributed by atoms with E-state index in [9.17, 15) is 18.0 Å². The summed E-state index contributed by atoms with van der Waals surface area (Å²) in [6, 6.07) is 8.98. The Bertz CT molecular complexity index is 1120. The molecule has 0 atom stereocenters. The predicted octanol–water partition coefficient (Wildman–Crippen LogP) is 4.69. The normalized spacial score (nSPS) is 13.5. The molecular formula is C20H16ClF3N4O2S. The third-order valence-electron chi connectivity index (χ3n) is 4.66. The van der Waals surface area contributed by atoms with Gasteiger partial charge in [0, 0.05) is 12.1 Å². The van der Waals surface area contributed by atoms with Gasteiger partial charge in [-0.3, -0.25) is 10.1 Å². The Morgan fingerprint density at radius 1 is 1.23 bits per heavy atom. The molecule has 31 heavy (non-hydrogen) atoms. The quantitative estimate of drug-likeness (QED) is 0.568. The standard InChI is InChI=1S/C20H16ClF3N4O2S/c21-17-14(20(22,23)24)2-1-3-15(17)30-10-16-27-28-19(31-16)26-18(29)12-4-5-13-9-25-7-6-11(13)8-12/h1-5,8,25H,6-7,9-10H2,(H,26,28,29). The summed E-state index contributed by atoms with van der Waals surface area (Å²) in [7, 11) is 0. The van der Waals surface area contributed by atoms with Gasteiger partial charge in [-0.05, 0) is 48.4 Å². The number of nitrogens with zero attached hydrogens (tertiary/aromatic N) is 2. The summed E-state index contributed by atoms with van der Waals surface area (Å²) in [5, 5.41) is 13.9. The van der Waals surface area contributed by atoms with Crippen LogP contribution < -0.4 is 15.4 Å².